The van der Waals surface area contributed by atoms with Crippen molar-refractivity contribution in [1.82, 2.24) is 35.3 Å². The molecule has 1 saturated heterocycles. The molecule has 4 aromatic heterocycles. The Labute approximate surface area is 190 Å². The van der Waals surface area contributed by atoms with Crippen LogP contribution in [-0.2, 0) is 13.2 Å². The van der Waals surface area contributed by atoms with Crippen LogP contribution in [-0.4, -0.2) is 53.5 Å². The smallest absolute Gasteiger partial charge is 0.138 e. The van der Waals surface area contributed by atoms with Crippen molar-refractivity contribution in [2.45, 2.75) is 32.4 Å². The van der Waals surface area contributed by atoms with Gasteiger partial charge in [-0.3, -0.25) is 15.0 Å². The summed E-state index contributed by atoms with van der Waals surface area (Å²) in [5, 5.41) is 22.1. The average molecular weight is 440 g/mol. The Morgan fingerprint density at radius 1 is 0.909 bits per heavy atom. The molecule has 5 aromatic rings. The zero-order valence-electron chi connectivity index (χ0n) is 18.3. The maximum atomic E-state index is 9.52. The molecule has 0 bridgehead atoms. The van der Waals surface area contributed by atoms with Gasteiger partial charge in [-0.2, -0.15) is 0 Å². The molecule has 1 aromatic carbocycles. The number of piperidine rings is 1. The summed E-state index contributed by atoms with van der Waals surface area (Å²) in [7, 11) is 0. The highest BCUT2D eigenvalue weighted by Crippen LogP contribution is 2.31. The summed E-state index contributed by atoms with van der Waals surface area (Å²) in [5.74, 6) is 0. The summed E-state index contributed by atoms with van der Waals surface area (Å²) in [6, 6.07) is 13.0. The number of fused-ring (bicyclic) bond motifs is 3. The van der Waals surface area contributed by atoms with Gasteiger partial charge < -0.3 is 10.1 Å². The third-order valence-electron chi connectivity index (χ3n) is 6.50. The lowest BCUT2D eigenvalue weighted by Crippen LogP contribution is -2.28. The Morgan fingerprint density at radius 3 is 2.58 bits per heavy atom. The summed E-state index contributed by atoms with van der Waals surface area (Å²) < 4.78 is 0. The summed E-state index contributed by atoms with van der Waals surface area (Å²) in [6.45, 7) is 3.23. The molecular weight excluding hydrogens is 414 g/mol. The monoisotopic (exact) mass is 439 g/mol. The Balaban J connectivity index is 1.34. The summed E-state index contributed by atoms with van der Waals surface area (Å²) >= 11 is 0. The van der Waals surface area contributed by atoms with Crippen LogP contribution in [0.15, 0.2) is 48.8 Å². The molecule has 0 amide bonds. The molecule has 6 rings (SSSR count). The van der Waals surface area contributed by atoms with Crippen LogP contribution in [0.3, 0.4) is 0 Å². The molecular formula is C25H25N7O. The normalized spacial score (nSPS) is 14.9. The summed E-state index contributed by atoms with van der Waals surface area (Å²) in [4.78, 5) is 15.1. The Hall–Kier alpha value is -3.62. The van der Waals surface area contributed by atoms with Gasteiger partial charge in [-0.25, -0.2) is 4.98 Å². The van der Waals surface area contributed by atoms with Crippen molar-refractivity contribution in [3.63, 3.8) is 0 Å². The van der Waals surface area contributed by atoms with E-state index < -0.39 is 0 Å². The van der Waals surface area contributed by atoms with E-state index in [1.54, 1.807) is 6.20 Å². The van der Waals surface area contributed by atoms with Crippen LogP contribution in [0.25, 0.3) is 44.5 Å². The number of hydrogen-bond acceptors (Lipinski definition) is 6. The van der Waals surface area contributed by atoms with Crippen molar-refractivity contribution < 1.29 is 5.11 Å². The van der Waals surface area contributed by atoms with Gasteiger partial charge in [0.2, 0.25) is 0 Å². The number of nitrogens with zero attached hydrogens (tertiary/aromatic N) is 5. The number of benzene rings is 1. The molecule has 1 fully saturated rings. The second-order valence-electron chi connectivity index (χ2n) is 8.69. The SMILES string of the molecule is OCc1nn[nH]c1-c1cc2c(cn1)[nH]c1ncc(-c3ccc(CN4CCCCC4)cc3)cc12. The highest BCUT2D eigenvalue weighted by Gasteiger charge is 2.14. The van der Waals surface area contributed by atoms with Crippen molar-refractivity contribution >= 4 is 21.9 Å². The highest BCUT2D eigenvalue weighted by molar-refractivity contribution is 6.07. The van der Waals surface area contributed by atoms with Gasteiger partial charge in [-0.1, -0.05) is 35.9 Å². The number of likely N-dealkylation sites (tertiary alicyclic amines) is 1. The van der Waals surface area contributed by atoms with Crippen LogP contribution >= 0.6 is 0 Å². The van der Waals surface area contributed by atoms with E-state index in [-0.39, 0.29) is 6.61 Å². The highest BCUT2D eigenvalue weighted by atomic mass is 16.3. The predicted octanol–water partition coefficient (Wildman–Crippen LogP) is 4.04. The zero-order valence-corrected chi connectivity index (χ0v) is 18.3. The minimum Gasteiger partial charge on any atom is -0.390 e. The molecule has 1 aliphatic heterocycles. The first kappa shape index (κ1) is 20.0. The van der Waals surface area contributed by atoms with E-state index in [2.05, 4.69) is 65.6 Å². The molecule has 0 aliphatic carbocycles. The van der Waals surface area contributed by atoms with Crippen molar-refractivity contribution in [2.24, 2.45) is 0 Å². The predicted molar refractivity (Wildman–Crippen MR) is 127 cm³/mol. The van der Waals surface area contributed by atoms with Gasteiger partial charge in [0.25, 0.3) is 0 Å². The quantitative estimate of drug-likeness (QED) is 0.382. The molecule has 33 heavy (non-hydrogen) atoms. The molecule has 3 N–H and O–H groups in total. The van der Waals surface area contributed by atoms with E-state index in [4.69, 9.17) is 0 Å². The molecule has 166 valence electrons. The number of aliphatic hydroxyl groups excluding tert-OH is 1. The second-order valence-corrected chi connectivity index (χ2v) is 8.69. The molecule has 8 heteroatoms. The van der Waals surface area contributed by atoms with Crippen LogP contribution < -0.4 is 0 Å². The number of rotatable bonds is 5. The number of H-pyrrole nitrogens is 2. The van der Waals surface area contributed by atoms with E-state index in [1.165, 1.54) is 37.9 Å². The van der Waals surface area contributed by atoms with E-state index in [0.717, 1.165) is 39.6 Å². The zero-order chi connectivity index (χ0) is 22.2. The summed E-state index contributed by atoms with van der Waals surface area (Å²) in [5.41, 5.74) is 7.09. The largest absolute Gasteiger partial charge is 0.390 e. The van der Waals surface area contributed by atoms with E-state index in [9.17, 15) is 5.11 Å². The number of hydrogen-bond donors (Lipinski definition) is 3. The fourth-order valence-electron chi connectivity index (χ4n) is 4.71. The first-order valence-electron chi connectivity index (χ1n) is 11.4. The van der Waals surface area contributed by atoms with E-state index in [1.807, 2.05) is 12.3 Å². The third-order valence-corrected chi connectivity index (χ3v) is 6.50. The Kier molecular flexibility index (Phi) is 5.09. The van der Waals surface area contributed by atoms with Gasteiger partial charge in [-0.15, -0.1) is 5.10 Å². The lowest BCUT2D eigenvalue weighted by Gasteiger charge is -2.26. The fourth-order valence-corrected chi connectivity index (χ4v) is 4.71. The Bertz CT molecular complexity index is 1410. The third kappa shape index (κ3) is 3.77. The van der Waals surface area contributed by atoms with Gasteiger partial charge in [0.1, 0.15) is 17.0 Å². The number of pyridine rings is 2. The number of aromatic nitrogens is 6. The average Bonchev–Trinajstić information content (AvgIpc) is 3.49. The molecule has 1 aliphatic rings. The van der Waals surface area contributed by atoms with Gasteiger partial charge in [0, 0.05) is 29.1 Å². The van der Waals surface area contributed by atoms with E-state index in [0.29, 0.717) is 17.1 Å². The van der Waals surface area contributed by atoms with Gasteiger partial charge in [-0.05, 0) is 49.2 Å². The maximum absolute atomic E-state index is 9.52. The molecule has 0 saturated carbocycles. The Morgan fingerprint density at radius 2 is 1.76 bits per heavy atom. The van der Waals surface area contributed by atoms with Gasteiger partial charge >= 0.3 is 0 Å². The summed E-state index contributed by atoms with van der Waals surface area (Å²) in [6.07, 6.45) is 7.67. The van der Waals surface area contributed by atoms with Crippen LogP contribution in [0.1, 0.15) is 30.5 Å². The van der Waals surface area contributed by atoms with Gasteiger partial charge in [0.05, 0.1) is 24.0 Å². The number of nitrogens with one attached hydrogen (secondary N) is 2. The number of aromatic amines is 2. The first-order valence-corrected chi connectivity index (χ1v) is 11.4. The molecule has 8 nitrogen and oxygen atoms in total. The molecule has 0 unspecified atom stereocenters. The van der Waals surface area contributed by atoms with Crippen LogP contribution in [0.4, 0.5) is 0 Å². The van der Waals surface area contributed by atoms with Crippen LogP contribution in [0.5, 0.6) is 0 Å². The molecule has 5 heterocycles. The lowest BCUT2D eigenvalue weighted by molar-refractivity contribution is 0.221. The minimum absolute atomic E-state index is 0.196. The van der Waals surface area contributed by atoms with Gasteiger partial charge in [0.15, 0.2) is 0 Å². The van der Waals surface area contributed by atoms with Crippen molar-refractivity contribution in [1.29, 1.82) is 0 Å². The topological polar surface area (TPSA) is 107 Å². The first-order chi connectivity index (χ1) is 16.3. The van der Waals surface area contributed by atoms with Crippen LogP contribution in [0.2, 0.25) is 0 Å². The molecule has 0 atom stereocenters. The van der Waals surface area contributed by atoms with Crippen molar-refractivity contribution in [3.8, 4) is 22.5 Å². The van der Waals surface area contributed by atoms with Crippen LogP contribution in [0, 0.1) is 0 Å². The minimum atomic E-state index is -0.196. The van der Waals surface area contributed by atoms with E-state index >= 15 is 0 Å². The molecule has 0 radical (unpaired) electrons. The number of aliphatic hydroxyl groups is 1. The lowest BCUT2D eigenvalue weighted by atomic mass is 10.0. The van der Waals surface area contributed by atoms with Crippen molar-refractivity contribution in [2.75, 3.05) is 13.1 Å². The standard InChI is InChI=1S/C25H25N7O/c33-15-23-24(30-31-29-23)21-11-19-20-10-18(12-27-25(20)28-22(19)13-26-21)17-6-4-16(5-7-17)14-32-8-2-1-3-9-32/h4-7,10-13,33H,1-3,8-9,14-15H2,(H,27,28)(H,29,30,31). The molecule has 0 spiro atoms. The maximum Gasteiger partial charge on any atom is 0.138 e. The van der Waals surface area contributed by atoms with Crippen molar-refractivity contribution in [3.05, 3.63) is 60.0 Å². The second kappa shape index (κ2) is 8.38. The fraction of sp³-hybridized carbons (Fsp3) is 0.280.